The van der Waals surface area contributed by atoms with Crippen LogP contribution in [0.25, 0.3) is 0 Å². The molecule has 0 bridgehead atoms. The quantitative estimate of drug-likeness (QED) is 0.787. The van der Waals surface area contributed by atoms with Crippen molar-refractivity contribution in [1.29, 1.82) is 0 Å². The van der Waals surface area contributed by atoms with Crippen molar-refractivity contribution in [2.45, 2.75) is 66.3 Å². The maximum Gasteiger partial charge on any atom is 0.225 e. The fourth-order valence-corrected chi connectivity index (χ4v) is 4.44. The molecule has 0 aromatic heterocycles. The van der Waals surface area contributed by atoms with Crippen LogP contribution in [0.5, 0.6) is 5.75 Å². The summed E-state index contributed by atoms with van der Waals surface area (Å²) in [5.41, 5.74) is 2.99. The second-order valence-corrected chi connectivity index (χ2v) is 8.79. The molecule has 1 aliphatic heterocycles. The molecule has 0 unspecified atom stereocenters. The van der Waals surface area contributed by atoms with Crippen LogP contribution in [-0.4, -0.2) is 24.0 Å². The van der Waals surface area contributed by atoms with Crippen LogP contribution in [0.1, 0.15) is 64.5 Å². The van der Waals surface area contributed by atoms with E-state index in [0.717, 1.165) is 44.0 Å². The lowest BCUT2D eigenvalue weighted by atomic mass is 9.69. The van der Waals surface area contributed by atoms with Crippen LogP contribution in [0, 0.1) is 17.3 Å². The van der Waals surface area contributed by atoms with Crippen molar-refractivity contribution in [3.05, 3.63) is 29.3 Å². The molecular formula is C22H33NO2. The molecule has 3 rings (SSSR count). The number of rotatable bonds is 3. The van der Waals surface area contributed by atoms with E-state index in [1.165, 1.54) is 24.0 Å². The summed E-state index contributed by atoms with van der Waals surface area (Å²) in [6.45, 7) is 11.3. The van der Waals surface area contributed by atoms with Crippen LogP contribution in [0.15, 0.2) is 18.2 Å². The van der Waals surface area contributed by atoms with E-state index in [1.54, 1.807) is 0 Å². The summed E-state index contributed by atoms with van der Waals surface area (Å²) in [6.07, 6.45) is 5.47. The lowest BCUT2D eigenvalue weighted by molar-refractivity contribution is -0.138. The average Bonchev–Trinajstić information content (AvgIpc) is 2.60. The first kappa shape index (κ1) is 18.3. The molecule has 1 saturated carbocycles. The minimum absolute atomic E-state index is 0.232. The highest BCUT2D eigenvalue weighted by Crippen LogP contribution is 2.40. The third kappa shape index (κ3) is 4.19. The minimum atomic E-state index is 0.232. The van der Waals surface area contributed by atoms with Gasteiger partial charge in [0.1, 0.15) is 5.75 Å². The normalized spacial score (nSPS) is 23.9. The molecule has 1 fully saturated rings. The molecule has 1 aromatic rings. The Morgan fingerprint density at radius 1 is 1.16 bits per heavy atom. The summed E-state index contributed by atoms with van der Waals surface area (Å²) >= 11 is 0. The molecule has 0 N–H and O–H groups in total. The van der Waals surface area contributed by atoms with Crippen molar-refractivity contribution >= 4 is 5.91 Å². The Labute approximate surface area is 152 Å². The Bertz CT molecular complexity index is 609. The number of hydrogen-bond donors (Lipinski definition) is 0. The second kappa shape index (κ2) is 7.39. The van der Waals surface area contributed by atoms with Crippen LogP contribution >= 0.6 is 0 Å². The van der Waals surface area contributed by atoms with Crippen LogP contribution in [0.3, 0.4) is 0 Å². The molecule has 2 aliphatic rings. The van der Waals surface area contributed by atoms with Gasteiger partial charge in [-0.3, -0.25) is 4.79 Å². The number of benzene rings is 1. The predicted octanol–water partition coefficient (Wildman–Crippen LogP) is 4.82. The van der Waals surface area contributed by atoms with Gasteiger partial charge in [0.2, 0.25) is 5.91 Å². The fraction of sp³-hybridized carbons (Fsp3) is 0.682. The SMILES string of the molecule is CCOc1ccc2c(c1)CN(C(=O)C1CCC(C(C)(C)C)CC1)CC2. The Morgan fingerprint density at radius 3 is 2.52 bits per heavy atom. The van der Waals surface area contributed by atoms with E-state index in [2.05, 4.69) is 37.8 Å². The summed E-state index contributed by atoms with van der Waals surface area (Å²) in [6, 6.07) is 6.33. The van der Waals surface area contributed by atoms with E-state index in [-0.39, 0.29) is 5.92 Å². The van der Waals surface area contributed by atoms with Gasteiger partial charge in [0.15, 0.2) is 0 Å². The first-order chi connectivity index (χ1) is 11.9. The van der Waals surface area contributed by atoms with Gasteiger partial charge in [-0.25, -0.2) is 0 Å². The van der Waals surface area contributed by atoms with Gasteiger partial charge in [-0.15, -0.1) is 0 Å². The lowest BCUT2D eigenvalue weighted by Crippen LogP contribution is -2.41. The Balaban J connectivity index is 1.62. The molecule has 0 saturated heterocycles. The Hall–Kier alpha value is -1.51. The summed E-state index contributed by atoms with van der Waals surface area (Å²) in [4.78, 5) is 15.1. The van der Waals surface area contributed by atoms with Crippen molar-refractivity contribution in [2.75, 3.05) is 13.2 Å². The number of nitrogens with zero attached hydrogens (tertiary/aromatic N) is 1. The highest BCUT2D eigenvalue weighted by Gasteiger charge is 2.34. The van der Waals surface area contributed by atoms with E-state index < -0.39 is 0 Å². The van der Waals surface area contributed by atoms with Gasteiger partial charge >= 0.3 is 0 Å². The molecule has 1 heterocycles. The minimum Gasteiger partial charge on any atom is -0.494 e. The molecule has 0 atom stereocenters. The van der Waals surface area contributed by atoms with Crippen LogP contribution in [0.4, 0.5) is 0 Å². The summed E-state index contributed by atoms with van der Waals surface area (Å²) < 4.78 is 5.62. The van der Waals surface area contributed by atoms with E-state index in [4.69, 9.17) is 4.74 Å². The highest BCUT2D eigenvalue weighted by atomic mass is 16.5. The lowest BCUT2D eigenvalue weighted by Gasteiger charge is -2.38. The van der Waals surface area contributed by atoms with E-state index in [1.807, 2.05) is 13.0 Å². The zero-order valence-corrected chi connectivity index (χ0v) is 16.3. The standard InChI is InChI=1S/C22H33NO2/c1-5-25-20-11-8-16-12-13-23(15-18(16)14-20)21(24)17-6-9-19(10-7-17)22(2,3)4/h8,11,14,17,19H,5-7,9-10,12-13,15H2,1-4H3. The van der Waals surface area contributed by atoms with Crippen molar-refractivity contribution in [2.24, 2.45) is 17.3 Å². The van der Waals surface area contributed by atoms with Crippen molar-refractivity contribution in [3.63, 3.8) is 0 Å². The molecule has 3 nitrogen and oxygen atoms in total. The molecule has 138 valence electrons. The third-order valence-corrected chi connectivity index (χ3v) is 6.11. The highest BCUT2D eigenvalue weighted by molar-refractivity contribution is 5.79. The predicted molar refractivity (Wildman–Crippen MR) is 102 cm³/mol. The fourth-order valence-electron chi connectivity index (χ4n) is 4.44. The van der Waals surface area contributed by atoms with E-state index in [9.17, 15) is 4.79 Å². The monoisotopic (exact) mass is 343 g/mol. The smallest absolute Gasteiger partial charge is 0.225 e. The van der Waals surface area contributed by atoms with Crippen LogP contribution in [0.2, 0.25) is 0 Å². The molecule has 1 amide bonds. The second-order valence-electron chi connectivity index (χ2n) is 8.79. The Kier molecular flexibility index (Phi) is 5.41. The molecule has 1 aromatic carbocycles. The van der Waals surface area contributed by atoms with Crippen LogP contribution in [-0.2, 0) is 17.8 Å². The van der Waals surface area contributed by atoms with Gasteiger partial charge in [-0.1, -0.05) is 26.8 Å². The number of amides is 1. The number of carbonyl (C=O) groups is 1. The van der Waals surface area contributed by atoms with Crippen LogP contribution < -0.4 is 4.74 Å². The molecule has 0 spiro atoms. The van der Waals surface area contributed by atoms with Gasteiger partial charge in [-0.2, -0.15) is 0 Å². The summed E-state index contributed by atoms with van der Waals surface area (Å²) in [7, 11) is 0. The summed E-state index contributed by atoms with van der Waals surface area (Å²) in [5, 5.41) is 0. The topological polar surface area (TPSA) is 29.5 Å². The number of ether oxygens (including phenoxy) is 1. The molecule has 25 heavy (non-hydrogen) atoms. The maximum atomic E-state index is 13.0. The first-order valence-corrected chi connectivity index (χ1v) is 9.92. The zero-order chi connectivity index (χ0) is 18.0. The first-order valence-electron chi connectivity index (χ1n) is 9.92. The van der Waals surface area contributed by atoms with E-state index >= 15 is 0 Å². The molecule has 3 heteroatoms. The summed E-state index contributed by atoms with van der Waals surface area (Å²) in [5.74, 6) is 2.28. The van der Waals surface area contributed by atoms with Gasteiger partial charge in [-0.05, 0) is 73.6 Å². The number of hydrogen-bond acceptors (Lipinski definition) is 2. The number of carbonyl (C=O) groups excluding carboxylic acids is 1. The molecule has 1 aliphatic carbocycles. The largest absolute Gasteiger partial charge is 0.494 e. The molecular weight excluding hydrogens is 310 g/mol. The van der Waals surface area contributed by atoms with Crippen molar-refractivity contribution in [1.82, 2.24) is 4.90 Å². The van der Waals surface area contributed by atoms with E-state index in [0.29, 0.717) is 17.9 Å². The maximum absolute atomic E-state index is 13.0. The van der Waals surface area contributed by atoms with Gasteiger partial charge < -0.3 is 9.64 Å². The van der Waals surface area contributed by atoms with Gasteiger partial charge in [0.25, 0.3) is 0 Å². The van der Waals surface area contributed by atoms with Crippen molar-refractivity contribution < 1.29 is 9.53 Å². The average molecular weight is 344 g/mol. The zero-order valence-electron chi connectivity index (χ0n) is 16.3. The van der Waals surface area contributed by atoms with Gasteiger partial charge in [0, 0.05) is 19.0 Å². The number of fused-ring (bicyclic) bond motifs is 1. The Morgan fingerprint density at radius 2 is 1.88 bits per heavy atom. The third-order valence-electron chi connectivity index (χ3n) is 6.11. The van der Waals surface area contributed by atoms with Crippen molar-refractivity contribution in [3.8, 4) is 5.75 Å². The van der Waals surface area contributed by atoms with Gasteiger partial charge in [0.05, 0.1) is 6.61 Å². The molecule has 0 radical (unpaired) electrons.